The zero-order valence-electron chi connectivity index (χ0n) is 16.0. The summed E-state index contributed by atoms with van der Waals surface area (Å²) >= 11 is 0. The van der Waals surface area contributed by atoms with Crippen LogP contribution >= 0.6 is 0 Å². The van der Waals surface area contributed by atoms with Gasteiger partial charge in [-0.2, -0.15) is 0 Å². The molecular weight excluding hydrogens is 332 g/mol. The number of carbonyl (C=O) groups excluding carboxylic acids is 1. The number of hydrogen-bond acceptors (Lipinski definition) is 4. The second-order valence-corrected chi connectivity index (χ2v) is 6.72. The summed E-state index contributed by atoms with van der Waals surface area (Å²) in [5.41, 5.74) is 0.946. The Morgan fingerprint density at radius 1 is 0.923 bits per heavy atom. The number of amides is 1. The van der Waals surface area contributed by atoms with Crippen LogP contribution in [0.2, 0.25) is 0 Å². The van der Waals surface area contributed by atoms with Crippen molar-refractivity contribution in [2.45, 2.75) is 51.6 Å². The molecule has 0 heterocycles. The van der Waals surface area contributed by atoms with Crippen LogP contribution in [0.15, 0.2) is 30.3 Å². The molecule has 26 heavy (non-hydrogen) atoms. The molecule has 0 fully saturated rings. The van der Waals surface area contributed by atoms with E-state index in [1.54, 1.807) is 0 Å². The molecule has 1 aromatic rings. The molecule has 0 atom stereocenters. The van der Waals surface area contributed by atoms with Crippen LogP contribution in [0.4, 0.5) is 0 Å². The van der Waals surface area contributed by atoms with Gasteiger partial charge < -0.3 is 10.0 Å². The smallest absolute Gasteiger partial charge is 0.305 e. The van der Waals surface area contributed by atoms with Crippen molar-refractivity contribution < 1.29 is 19.5 Å². The second-order valence-electron chi connectivity index (χ2n) is 6.72. The van der Waals surface area contributed by atoms with E-state index in [1.165, 1.54) is 17.9 Å². The summed E-state index contributed by atoms with van der Waals surface area (Å²) in [4.78, 5) is 30.9. The normalized spacial score (nSPS) is 10.9. The highest BCUT2D eigenvalue weighted by Gasteiger charge is 2.15. The largest absolute Gasteiger partial charge is 0.481 e. The number of carboxylic acids is 1. The predicted molar refractivity (Wildman–Crippen MR) is 101 cm³/mol. The summed E-state index contributed by atoms with van der Waals surface area (Å²) < 4.78 is 0. The number of hydroxylamine groups is 2. The van der Waals surface area contributed by atoms with Gasteiger partial charge in [0.15, 0.2) is 0 Å². The first-order chi connectivity index (χ1) is 12.5. The highest BCUT2D eigenvalue weighted by atomic mass is 16.7. The number of nitrogens with zero attached hydrogens (tertiary/aromatic N) is 2. The fraction of sp³-hybridized carbons (Fsp3) is 0.600. The standard InChI is InChI=1S/C20H32N2O4/c1-21(2)15-10-5-3-4-9-13-19(23)22(16-14-20(24)25)26-17-18-11-7-6-8-12-18/h6-8,11-12H,3-5,9-10,13-17H2,1-2H3,(H,24,25). The minimum absolute atomic E-state index is 0.0732. The Balaban J connectivity index is 2.32. The van der Waals surface area contributed by atoms with Crippen LogP contribution in [0, 0.1) is 0 Å². The van der Waals surface area contributed by atoms with E-state index in [-0.39, 0.29) is 25.5 Å². The fourth-order valence-corrected chi connectivity index (χ4v) is 2.54. The van der Waals surface area contributed by atoms with Crippen molar-refractivity contribution >= 4 is 11.9 Å². The average molecular weight is 364 g/mol. The summed E-state index contributed by atoms with van der Waals surface area (Å²) in [6.45, 7) is 1.43. The minimum Gasteiger partial charge on any atom is -0.481 e. The number of carboxylic acid groups (broad SMARTS) is 1. The van der Waals surface area contributed by atoms with Crippen molar-refractivity contribution in [1.29, 1.82) is 0 Å². The number of unbranched alkanes of at least 4 members (excludes halogenated alkanes) is 4. The van der Waals surface area contributed by atoms with E-state index in [2.05, 4.69) is 19.0 Å². The van der Waals surface area contributed by atoms with Gasteiger partial charge in [0.2, 0.25) is 5.91 Å². The van der Waals surface area contributed by atoms with Gasteiger partial charge in [-0.15, -0.1) is 0 Å². The lowest BCUT2D eigenvalue weighted by Crippen LogP contribution is -2.33. The van der Waals surface area contributed by atoms with Crippen molar-refractivity contribution in [3.05, 3.63) is 35.9 Å². The summed E-state index contributed by atoms with van der Waals surface area (Å²) in [7, 11) is 4.14. The van der Waals surface area contributed by atoms with Gasteiger partial charge in [-0.1, -0.05) is 49.6 Å². The van der Waals surface area contributed by atoms with E-state index in [9.17, 15) is 9.59 Å². The molecule has 146 valence electrons. The molecule has 1 amide bonds. The van der Waals surface area contributed by atoms with Crippen molar-refractivity contribution in [1.82, 2.24) is 9.96 Å². The Morgan fingerprint density at radius 2 is 1.58 bits per heavy atom. The van der Waals surface area contributed by atoms with Gasteiger partial charge in [-0.3, -0.25) is 14.4 Å². The molecule has 0 unspecified atom stereocenters. The molecule has 0 saturated carbocycles. The Labute approximate surface area is 156 Å². The third-order valence-electron chi connectivity index (χ3n) is 4.03. The number of benzene rings is 1. The molecule has 0 aliphatic heterocycles. The van der Waals surface area contributed by atoms with E-state index < -0.39 is 5.97 Å². The molecule has 0 spiro atoms. The quantitative estimate of drug-likeness (QED) is 0.405. The first-order valence-electron chi connectivity index (χ1n) is 9.32. The first-order valence-corrected chi connectivity index (χ1v) is 9.32. The van der Waals surface area contributed by atoms with E-state index in [4.69, 9.17) is 9.94 Å². The molecule has 0 saturated heterocycles. The Morgan fingerprint density at radius 3 is 2.23 bits per heavy atom. The third-order valence-corrected chi connectivity index (χ3v) is 4.03. The van der Waals surface area contributed by atoms with Gasteiger partial charge in [0.05, 0.1) is 13.0 Å². The van der Waals surface area contributed by atoms with Crippen molar-refractivity contribution in [2.75, 3.05) is 27.2 Å². The van der Waals surface area contributed by atoms with Crippen LogP contribution in [0.1, 0.15) is 50.5 Å². The molecule has 0 radical (unpaired) electrons. The van der Waals surface area contributed by atoms with Crippen molar-refractivity contribution in [3.63, 3.8) is 0 Å². The van der Waals surface area contributed by atoms with Crippen LogP contribution in [-0.4, -0.2) is 54.1 Å². The molecule has 1 N–H and O–H groups in total. The minimum atomic E-state index is -0.938. The second kappa shape index (κ2) is 13.3. The molecule has 6 nitrogen and oxygen atoms in total. The molecule has 6 heteroatoms. The van der Waals surface area contributed by atoms with E-state index in [1.807, 2.05) is 30.3 Å². The Hall–Kier alpha value is -1.92. The molecular formula is C20H32N2O4. The predicted octanol–water partition coefficient (Wildman–Crippen LogP) is 3.32. The van der Waals surface area contributed by atoms with Gasteiger partial charge in [0.1, 0.15) is 6.61 Å². The molecule has 0 aliphatic carbocycles. The van der Waals surface area contributed by atoms with Crippen LogP contribution in [0.5, 0.6) is 0 Å². The van der Waals surface area contributed by atoms with Crippen LogP contribution in [0.3, 0.4) is 0 Å². The van der Waals surface area contributed by atoms with E-state index in [0.29, 0.717) is 6.42 Å². The van der Waals surface area contributed by atoms with Crippen LogP contribution in [-0.2, 0) is 21.0 Å². The Bertz CT molecular complexity index is 520. The highest BCUT2D eigenvalue weighted by molar-refractivity contribution is 5.76. The maximum Gasteiger partial charge on any atom is 0.305 e. The zero-order valence-corrected chi connectivity index (χ0v) is 16.0. The lowest BCUT2D eigenvalue weighted by molar-refractivity contribution is -0.193. The highest BCUT2D eigenvalue weighted by Crippen LogP contribution is 2.10. The lowest BCUT2D eigenvalue weighted by Gasteiger charge is -2.21. The van der Waals surface area contributed by atoms with Gasteiger partial charge in [-0.05, 0) is 39.0 Å². The fourth-order valence-electron chi connectivity index (χ4n) is 2.54. The molecule has 0 bridgehead atoms. The SMILES string of the molecule is CN(C)CCCCCCCC(=O)N(CCC(=O)O)OCc1ccccc1. The average Bonchev–Trinajstić information content (AvgIpc) is 2.61. The lowest BCUT2D eigenvalue weighted by atomic mass is 10.1. The van der Waals surface area contributed by atoms with Gasteiger partial charge in [0, 0.05) is 6.42 Å². The summed E-state index contributed by atoms with van der Waals surface area (Å²) in [6, 6.07) is 9.54. The maximum absolute atomic E-state index is 12.4. The summed E-state index contributed by atoms with van der Waals surface area (Å²) in [5, 5.41) is 10.1. The first kappa shape index (κ1) is 22.1. The monoisotopic (exact) mass is 364 g/mol. The molecule has 0 aliphatic rings. The van der Waals surface area contributed by atoms with Crippen LogP contribution < -0.4 is 0 Å². The topological polar surface area (TPSA) is 70.1 Å². The molecule has 1 aromatic carbocycles. The van der Waals surface area contributed by atoms with E-state index >= 15 is 0 Å². The van der Waals surface area contributed by atoms with Gasteiger partial charge in [-0.25, -0.2) is 5.06 Å². The molecule has 1 rings (SSSR count). The number of aliphatic carboxylic acids is 1. The zero-order chi connectivity index (χ0) is 19.2. The molecule has 0 aromatic heterocycles. The Kier molecular flexibility index (Phi) is 11.3. The van der Waals surface area contributed by atoms with Crippen molar-refractivity contribution in [3.8, 4) is 0 Å². The maximum atomic E-state index is 12.4. The number of rotatable bonds is 14. The van der Waals surface area contributed by atoms with Gasteiger partial charge in [0.25, 0.3) is 0 Å². The summed E-state index contributed by atoms with van der Waals surface area (Å²) in [5.74, 6) is -1.08. The van der Waals surface area contributed by atoms with Gasteiger partial charge >= 0.3 is 5.97 Å². The number of hydrogen-bond donors (Lipinski definition) is 1. The summed E-state index contributed by atoms with van der Waals surface area (Å²) in [6.07, 6.45) is 5.53. The third kappa shape index (κ3) is 10.8. The van der Waals surface area contributed by atoms with Crippen molar-refractivity contribution in [2.24, 2.45) is 0 Å². The number of carbonyl (C=O) groups is 2. The van der Waals surface area contributed by atoms with E-state index in [0.717, 1.165) is 31.4 Å². The van der Waals surface area contributed by atoms with Crippen LogP contribution in [0.25, 0.3) is 0 Å².